The van der Waals surface area contributed by atoms with Gasteiger partial charge in [-0.3, -0.25) is 0 Å². The Morgan fingerprint density at radius 3 is 2.25 bits per heavy atom. The average molecular weight is 442 g/mol. The summed E-state index contributed by atoms with van der Waals surface area (Å²) >= 11 is 0. The molecule has 1 aliphatic rings. The number of hydrogen-bond acceptors (Lipinski definition) is 5. The van der Waals surface area contributed by atoms with Crippen molar-refractivity contribution in [3.8, 4) is 17.2 Å². The van der Waals surface area contributed by atoms with E-state index in [0.29, 0.717) is 11.5 Å². The molecule has 2 aromatic carbocycles. The molecule has 7 heteroatoms. The third-order valence-electron chi connectivity index (χ3n) is 5.67. The van der Waals surface area contributed by atoms with Crippen LogP contribution in [-0.2, 0) is 0 Å². The molecule has 1 saturated heterocycles. The normalized spacial score (nSPS) is 15.2. The van der Waals surface area contributed by atoms with Crippen molar-refractivity contribution in [3.05, 3.63) is 48.0 Å². The molecule has 7 nitrogen and oxygen atoms in total. The highest BCUT2D eigenvalue weighted by Crippen LogP contribution is 2.31. The second kappa shape index (κ2) is 11.0. The van der Waals surface area contributed by atoms with Crippen molar-refractivity contribution in [3.63, 3.8) is 0 Å². The number of amides is 2. The molecule has 0 bridgehead atoms. The summed E-state index contributed by atoms with van der Waals surface area (Å²) in [5, 5.41) is 6.16. The maximum atomic E-state index is 12.6. The largest absolute Gasteiger partial charge is 0.497 e. The number of benzene rings is 2. The van der Waals surface area contributed by atoms with Crippen molar-refractivity contribution >= 4 is 11.7 Å². The van der Waals surface area contributed by atoms with Crippen LogP contribution in [0.1, 0.15) is 45.2 Å². The number of anilines is 1. The summed E-state index contributed by atoms with van der Waals surface area (Å²) in [5.74, 6) is 2.22. The van der Waals surface area contributed by atoms with Gasteiger partial charge >= 0.3 is 6.03 Å². The molecule has 32 heavy (non-hydrogen) atoms. The Kier molecular flexibility index (Phi) is 8.09. The van der Waals surface area contributed by atoms with Gasteiger partial charge in [-0.05, 0) is 75.6 Å². The molecular weight excluding hydrogens is 406 g/mol. The lowest BCUT2D eigenvalue weighted by Crippen LogP contribution is -2.48. The highest BCUT2D eigenvalue weighted by molar-refractivity contribution is 5.74. The van der Waals surface area contributed by atoms with E-state index in [0.717, 1.165) is 37.2 Å². The summed E-state index contributed by atoms with van der Waals surface area (Å²) < 4.78 is 16.5. The van der Waals surface area contributed by atoms with Crippen LogP contribution in [0.2, 0.25) is 0 Å². The molecule has 0 aromatic heterocycles. The summed E-state index contributed by atoms with van der Waals surface area (Å²) in [6, 6.07) is 13.7. The van der Waals surface area contributed by atoms with Crippen molar-refractivity contribution in [2.24, 2.45) is 0 Å². The predicted molar refractivity (Wildman–Crippen MR) is 127 cm³/mol. The van der Waals surface area contributed by atoms with Gasteiger partial charge in [0.05, 0.1) is 26.4 Å². The Morgan fingerprint density at radius 1 is 0.969 bits per heavy atom. The number of carbonyl (C=O) groups excluding carboxylic acids is 1. The fourth-order valence-corrected chi connectivity index (χ4v) is 3.89. The number of nitrogens with one attached hydrogen (secondary N) is 2. The van der Waals surface area contributed by atoms with E-state index in [9.17, 15) is 4.79 Å². The molecule has 0 aliphatic carbocycles. The molecule has 3 rings (SSSR count). The van der Waals surface area contributed by atoms with E-state index in [-0.39, 0.29) is 24.2 Å². The Labute approximate surface area is 191 Å². The molecular formula is C25H35N3O4. The Balaban J connectivity index is 1.49. The third-order valence-corrected chi connectivity index (χ3v) is 5.67. The van der Waals surface area contributed by atoms with Gasteiger partial charge < -0.3 is 29.7 Å². The molecule has 174 valence electrons. The van der Waals surface area contributed by atoms with Crippen LogP contribution in [0, 0.1) is 0 Å². The summed E-state index contributed by atoms with van der Waals surface area (Å²) in [6.45, 7) is 7.72. The lowest BCUT2D eigenvalue weighted by Gasteiger charge is -2.34. The first-order valence-electron chi connectivity index (χ1n) is 11.2. The first-order valence-corrected chi connectivity index (χ1v) is 11.2. The van der Waals surface area contributed by atoms with E-state index in [4.69, 9.17) is 14.2 Å². The summed E-state index contributed by atoms with van der Waals surface area (Å²) in [4.78, 5) is 14.9. The minimum atomic E-state index is -0.156. The van der Waals surface area contributed by atoms with Crippen LogP contribution in [0.25, 0.3) is 0 Å². The SMILES string of the molecule is COc1ccc(N2CCC(NC(=O)NC(C)c3ccc(OC(C)C)c(OC)c3)CC2)cc1. The van der Waals surface area contributed by atoms with Gasteiger partial charge in [0.2, 0.25) is 0 Å². The topological polar surface area (TPSA) is 72.1 Å². The van der Waals surface area contributed by atoms with Crippen molar-refractivity contribution in [1.29, 1.82) is 0 Å². The number of ether oxygens (including phenoxy) is 3. The van der Waals surface area contributed by atoms with Crippen molar-refractivity contribution < 1.29 is 19.0 Å². The van der Waals surface area contributed by atoms with Crippen molar-refractivity contribution in [1.82, 2.24) is 10.6 Å². The van der Waals surface area contributed by atoms with Gasteiger partial charge in [-0.15, -0.1) is 0 Å². The number of nitrogens with zero attached hydrogens (tertiary/aromatic N) is 1. The third kappa shape index (κ3) is 6.22. The second-order valence-electron chi connectivity index (χ2n) is 8.38. The summed E-state index contributed by atoms with van der Waals surface area (Å²) in [7, 11) is 3.29. The molecule has 2 N–H and O–H groups in total. The summed E-state index contributed by atoms with van der Waals surface area (Å²) in [6.07, 6.45) is 1.87. The first kappa shape index (κ1) is 23.6. The zero-order valence-corrected chi connectivity index (χ0v) is 19.7. The highest BCUT2D eigenvalue weighted by Gasteiger charge is 2.22. The lowest BCUT2D eigenvalue weighted by molar-refractivity contribution is 0.229. The molecule has 0 spiro atoms. The summed E-state index contributed by atoms with van der Waals surface area (Å²) in [5.41, 5.74) is 2.14. The van der Waals surface area contributed by atoms with Crippen molar-refractivity contribution in [2.45, 2.75) is 51.8 Å². The fourth-order valence-electron chi connectivity index (χ4n) is 3.89. The Bertz CT molecular complexity index is 877. The number of carbonyl (C=O) groups is 1. The van der Waals surface area contributed by atoms with Crippen LogP contribution in [-0.4, -0.2) is 45.5 Å². The van der Waals surface area contributed by atoms with Gasteiger partial charge in [-0.1, -0.05) is 6.07 Å². The number of urea groups is 1. The predicted octanol–water partition coefficient (Wildman–Crippen LogP) is 4.52. The van der Waals surface area contributed by atoms with Crippen LogP contribution < -0.4 is 29.7 Å². The standard InChI is InChI=1S/C25H35N3O4/c1-17(2)32-23-11-6-19(16-24(23)31-5)18(3)26-25(29)27-20-12-14-28(15-13-20)21-7-9-22(30-4)10-8-21/h6-11,16-18,20H,12-15H2,1-5H3,(H2,26,27,29). The Hall–Kier alpha value is -3.09. The minimum absolute atomic E-state index is 0.0622. The maximum absolute atomic E-state index is 12.6. The number of rotatable bonds is 8. The molecule has 1 fully saturated rings. The first-order chi connectivity index (χ1) is 15.4. The smallest absolute Gasteiger partial charge is 0.315 e. The van der Waals surface area contributed by atoms with Gasteiger partial charge in [0.15, 0.2) is 11.5 Å². The van der Waals surface area contributed by atoms with E-state index in [1.807, 2.05) is 51.1 Å². The quantitative estimate of drug-likeness (QED) is 0.630. The van der Waals surface area contributed by atoms with Crippen LogP contribution in [0.3, 0.4) is 0 Å². The van der Waals surface area contributed by atoms with E-state index in [1.165, 1.54) is 5.69 Å². The van der Waals surface area contributed by atoms with Crippen molar-refractivity contribution in [2.75, 3.05) is 32.2 Å². The zero-order chi connectivity index (χ0) is 23.1. The minimum Gasteiger partial charge on any atom is -0.497 e. The van der Waals surface area contributed by atoms with Crippen LogP contribution >= 0.6 is 0 Å². The molecule has 1 atom stereocenters. The molecule has 0 saturated carbocycles. The van der Waals surface area contributed by atoms with Crippen LogP contribution in [0.5, 0.6) is 17.2 Å². The van der Waals surface area contributed by atoms with E-state index in [2.05, 4.69) is 27.7 Å². The molecule has 2 amide bonds. The highest BCUT2D eigenvalue weighted by atomic mass is 16.5. The molecule has 0 radical (unpaired) electrons. The fraction of sp³-hybridized carbons (Fsp3) is 0.480. The molecule has 1 aliphatic heterocycles. The monoisotopic (exact) mass is 441 g/mol. The maximum Gasteiger partial charge on any atom is 0.315 e. The molecule has 2 aromatic rings. The van der Waals surface area contributed by atoms with Crippen LogP contribution in [0.4, 0.5) is 10.5 Å². The molecule has 1 unspecified atom stereocenters. The van der Waals surface area contributed by atoms with Gasteiger partial charge in [0, 0.05) is 24.8 Å². The molecule has 1 heterocycles. The van der Waals surface area contributed by atoms with E-state index >= 15 is 0 Å². The van der Waals surface area contributed by atoms with Gasteiger partial charge in [-0.25, -0.2) is 4.79 Å². The number of hydrogen-bond donors (Lipinski definition) is 2. The van der Waals surface area contributed by atoms with Crippen LogP contribution in [0.15, 0.2) is 42.5 Å². The van der Waals surface area contributed by atoms with Gasteiger partial charge in [-0.2, -0.15) is 0 Å². The van der Waals surface area contributed by atoms with Gasteiger partial charge in [0.1, 0.15) is 5.75 Å². The van der Waals surface area contributed by atoms with Gasteiger partial charge in [0.25, 0.3) is 0 Å². The Morgan fingerprint density at radius 2 is 1.66 bits per heavy atom. The zero-order valence-electron chi connectivity index (χ0n) is 19.7. The second-order valence-corrected chi connectivity index (χ2v) is 8.38. The van der Waals surface area contributed by atoms with E-state index in [1.54, 1.807) is 14.2 Å². The lowest BCUT2D eigenvalue weighted by atomic mass is 10.0. The van der Waals surface area contributed by atoms with E-state index < -0.39 is 0 Å². The number of methoxy groups -OCH3 is 2. The average Bonchev–Trinajstić information content (AvgIpc) is 2.79. The number of piperidine rings is 1.